The lowest BCUT2D eigenvalue weighted by Crippen LogP contribution is -2.38. The molecule has 0 bridgehead atoms. The summed E-state index contributed by atoms with van der Waals surface area (Å²) in [6.07, 6.45) is 0.0659. The molecule has 2 aromatic carbocycles. The number of aryl methyl sites for hydroxylation is 2. The van der Waals surface area contributed by atoms with E-state index in [9.17, 15) is 0 Å². The number of benzene rings is 2. The van der Waals surface area contributed by atoms with Gasteiger partial charge in [-0.25, -0.2) is 9.97 Å². The Hall–Kier alpha value is -2.50. The molecular weight excluding hydrogens is 338 g/mol. The number of rotatable bonds is 4. The van der Waals surface area contributed by atoms with Gasteiger partial charge in [0, 0.05) is 24.5 Å². The van der Waals surface area contributed by atoms with Crippen LogP contribution in [0, 0.1) is 13.8 Å². The maximum absolute atomic E-state index is 6.07. The van der Waals surface area contributed by atoms with Crippen molar-refractivity contribution in [1.29, 1.82) is 0 Å². The van der Waals surface area contributed by atoms with E-state index >= 15 is 0 Å². The van der Waals surface area contributed by atoms with Crippen molar-refractivity contribution in [2.75, 3.05) is 26.8 Å². The minimum absolute atomic E-state index is 0.0659. The summed E-state index contributed by atoms with van der Waals surface area (Å²) >= 11 is 0. The highest BCUT2D eigenvalue weighted by Gasteiger charge is 2.23. The quantitative estimate of drug-likeness (QED) is 0.705. The summed E-state index contributed by atoms with van der Waals surface area (Å²) in [6, 6.07) is 14.7. The van der Waals surface area contributed by atoms with Crippen LogP contribution in [0.25, 0.3) is 10.8 Å². The van der Waals surface area contributed by atoms with Gasteiger partial charge < -0.3 is 9.47 Å². The Morgan fingerprint density at radius 1 is 1.04 bits per heavy atom. The highest BCUT2D eigenvalue weighted by molar-refractivity contribution is 5.84. The lowest BCUT2D eigenvalue weighted by molar-refractivity contribution is -0.0336. The summed E-state index contributed by atoms with van der Waals surface area (Å²) in [5, 5.41) is 2.38. The molecule has 5 heteroatoms. The molecule has 1 atom stereocenters. The first-order valence-corrected chi connectivity index (χ1v) is 9.33. The summed E-state index contributed by atoms with van der Waals surface area (Å²) in [7, 11) is 1.69. The molecule has 4 rings (SSSR count). The van der Waals surface area contributed by atoms with E-state index in [-0.39, 0.29) is 6.10 Å². The van der Waals surface area contributed by atoms with Crippen LogP contribution in [0.4, 0.5) is 0 Å². The number of methoxy groups -OCH3 is 1. The number of morpholine rings is 1. The van der Waals surface area contributed by atoms with Crippen LogP contribution in [-0.2, 0) is 11.3 Å². The summed E-state index contributed by atoms with van der Waals surface area (Å²) in [4.78, 5) is 11.5. The molecule has 0 radical (unpaired) electrons. The van der Waals surface area contributed by atoms with Crippen LogP contribution in [0.2, 0.25) is 0 Å². The van der Waals surface area contributed by atoms with Crippen LogP contribution in [0.1, 0.15) is 28.9 Å². The Bertz CT molecular complexity index is 937. The molecule has 1 aromatic heterocycles. The zero-order chi connectivity index (χ0) is 18.8. The van der Waals surface area contributed by atoms with Crippen LogP contribution in [0.5, 0.6) is 5.75 Å². The van der Waals surface area contributed by atoms with Gasteiger partial charge in [0.05, 0.1) is 26.4 Å². The monoisotopic (exact) mass is 363 g/mol. The largest absolute Gasteiger partial charge is 0.497 e. The second-order valence-corrected chi connectivity index (χ2v) is 7.13. The highest BCUT2D eigenvalue weighted by atomic mass is 16.5. The number of aromatic nitrogens is 2. The lowest BCUT2D eigenvalue weighted by Gasteiger charge is -2.32. The Balaban J connectivity index is 1.51. The van der Waals surface area contributed by atoms with E-state index in [2.05, 4.69) is 45.2 Å². The molecule has 27 heavy (non-hydrogen) atoms. The van der Waals surface area contributed by atoms with Gasteiger partial charge in [-0.3, -0.25) is 4.90 Å². The van der Waals surface area contributed by atoms with Crippen LogP contribution in [0.15, 0.2) is 42.5 Å². The third kappa shape index (κ3) is 4.10. The molecular formula is C22H25N3O2. The smallest absolute Gasteiger partial charge is 0.142 e. The van der Waals surface area contributed by atoms with Gasteiger partial charge in [-0.15, -0.1) is 0 Å². The zero-order valence-corrected chi connectivity index (χ0v) is 16.1. The predicted molar refractivity (Wildman–Crippen MR) is 106 cm³/mol. The minimum atomic E-state index is 0.0659. The Labute approximate surface area is 160 Å². The third-order valence-electron chi connectivity index (χ3n) is 4.99. The van der Waals surface area contributed by atoms with Crippen molar-refractivity contribution in [2.45, 2.75) is 26.5 Å². The summed E-state index contributed by atoms with van der Waals surface area (Å²) < 4.78 is 11.4. The zero-order valence-electron chi connectivity index (χ0n) is 16.1. The first-order chi connectivity index (χ1) is 13.1. The van der Waals surface area contributed by atoms with E-state index in [0.717, 1.165) is 49.2 Å². The number of hydrogen-bond donors (Lipinski definition) is 0. The molecule has 140 valence electrons. The van der Waals surface area contributed by atoms with Gasteiger partial charge >= 0.3 is 0 Å². The normalized spacial score (nSPS) is 18.0. The molecule has 3 aromatic rings. The maximum atomic E-state index is 6.07. The van der Waals surface area contributed by atoms with Crippen molar-refractivity contribution >= 4 is 10.8 Å². The van der Waals surface area contributed by atoms with Crippen molar-refractivity contribution in [3.05, 3.63) is 65.2 Å². The van der Waals surface area contributed by atoms with E-state index in [0.29, 0.717) is 0 Å². The molecule has 1 fully saturated rings. The lowest BCUT2D eigenvalue weighted by atomic mass is 10.0. The Morgan fingerprint density at radius 3 is 2.56 bits per heavy atom. The molecule has 1 saturated heterocycles. The fourth-order valence-electron chi connectivity index (χ4n) is 3.69. The van der Waals surface area contributed by atoms with Crippen LogP contribution in [0.3, 0.4) is 0 Å². The SMILES string of the molecule is COc1ccc2cc([C@H]3CN(Cc4nc(C)cc(C)n4)CCO3)ccc2c1. The van der Waals surface area contributed by atoms with Gasteiger partial charge in [-0.2, -0.15) is 0 Å². The number of ether oxygens (including phenoxy) is 2. The fraction of sp³-hybridized carbons (Fsp3) is 0.364. The van der Waals surface area contributed by atoms with Gasteiger partial charge in [0.15, 0.2) is 0 Å². The van der Waals surface area contributed by atoms with Gasteiger partial charge in [-0.05, 0) is 54.4 Å². The molecule has 0 N–H and O–H groups in total. The Kier molecular flexibility index (Phi) is 5.05. The second kappa shape index (κ2) is 7.62. The van der Waals surface area contributed by atoms with Gasteiger partial charge in [0.25, 0.3) is 0 Å². The van der Waals surface area contributed by atoms with Crippen LogP contribution in [-0.4, -0.2) is 41.7 Å². The van der Waals surface area contributed by atoms with Crippen molar-refractivity contribution in [3.8, 4) is 5.75 Å². The van der Waals surface area contributed by atoms with E-state index in [1.807, 2.05) is 26.0 Å². The van der Waals surface area contributed by atoms with Crippen molar-refractivity contribution in [2.24, 2.45) is 0 Å². The fourth-order valence-corrected chi connectivity index (χ4v) is 3.69. The van der Waals surface area contributed by atoms with E-state index < -0.39 is 0 Å². The Morgan fingerprint density at radius 2 is 1.78 bits per heavy atom. The molecule has 0 aliphatic carbocycles. The van der Waals surface area contributed by atoms with E-state index in [1.54, 1.807) is 7.11 Å². The molecule has 2 heterocycles. The van der Waals surface area contributed by atoms with Crippen molar-refractivity contribution in [1.82, 2.24) is 14.9 Å². The molecule has 1 aliphatic heterocycles. The van der Waals surface area contributed by atoms with Crippen LogP contribution >= 0.6 is 0 Å². The van der Waals surface area contributed by atoms with Crippen molar-refractivity contribution < 1.29 is 9.47 Å². The molecule has 0 spiro atoms. The molecule has 0 amide bonds. The maximum Gasteiger partial charge on any atom is 0.142 e. The third-order valence-corrected chi connectivity index (χ3v) is 4.99. The van der Waals surface area contributed by atoms with Gasteiger partial charge in [0.1, 0.15) is 11.6 Å². The molecule has 5 nitrogen and oxygen atoms in total. The number of fused-ring (bicyclic) bond motifs is 1. The predicted octanol–water partition coefficient (Wildman–Crippen LogP) is 3.83. The van der Waals surface area contributed by atoms with E-state index in [4.69, 9.17) is 9.47 Å². The minimum Gasteiger partial charge on any atom is -0.497 e. The topological polar surface area (TPSA) is 47.5 Å². The first kappa shape index (κ1) is 17.9. The van der Waals surface area contributed by atoms with Gasteiger partial charge in [0.2, 0.25) is 0 Å². The average Bonchev–Trinajstić information content (AvgIpc) is 2.66. The van der Waals surface area contributed by atoms with Crippen molar-refractivity contribution in [3.63, 3.8) is 0 Å². The summed E-state index contributed by atoms with van der Waals surface area (Å²) in [5.74, 6) is 1.77. The molecule has 0 unspecified atom stereocenters. The second-order valence-electron chi connectivity index (χ2n) is 7.13. The standard InChI is InChI=1S/C22H25N3O2/c1-15-10-16(2)24-22(23-15)14-25-8-9-27-21(13-25)19-5-4-18-12-20(26-3)7-6-17(18)11-19/h4-7,10-12,21H,8-9,13-14H2,1-3H3/t21-/m1/s1. The summed E-state index contributed by atoms with van der Waals surface area (Å²) in [5.41, 5.74) is 3.25. The molecule has 1 aliphatic rings. The van der Waals surface area contributed by atoms with Crippen LogP contribution < -0.4 is 4.74 Å². The first-order valence-electron chi connectivity index (χ1n) is 9.33. The number of nitrogens with zero attached hydrogens (tertiary/aromatic N) is 3. The van der Waals surface area contributed by atoms with E-state index in [1.165, 1.54) is 16.3 Å². The summed E-state index contributed by atoms with van der Waals surface area (Å²) in [6.45, 7) is 7.26. The number of hydrogen-bond acceptors (Lipinski definition) is 5. The highest BCUT2D eigenvalue weighted by Crippen LogP contribution is 2.28. The average molecular weight is 363 g/mol. The van der Waals surface area contributed by atoms with Gasteiger partial charge in [-0.1, -0.05) is 18.2 Å². The molecule has 0 saturated carbocycles.